The first-order valence-corrected chi connectivity index (χ1v) is 9.59. The highest BCUT2D eigenvalue weighted by molar-refractivity contribution is 6.35. The first-order chi connectivity index (χ1) is 13.0. The van der Waals surface area contributed by atoms with Crippen LogP contribution in [0, 0.1) is 5.92 Å². The Bertz CT molecular complexity index is 786. The molecule has 2 aromatic carbocycles. The maximum absolute atomic E-state index is 12.4. The summed E-state index contributed by atoms with van der Waals surface area (Å²) in [6.07, 6.45) is 1.46. The molecule has 1 aliphatic rings. The molecule has 0 aromatic heterocycles. The van der Waals surface area contributed by atoms with Crippen molar-refractivity contribution in [1.82, 2.24) is 4.90 Å². The molecule has 5 nitrogen and oxygen atoms in total. The van der Waals surface area contributed by atoms with Crippen LogP contribution in [0.4, 0.5) is 11.4 Å². The van der Waals surface area contributed by atoms with E-state index in [9.17, 15) is 9.59 Å². The predicted molar refractivity (Wildman–Crippen MR) is 109 cm³/mol. The van der Waals surface area contributed by atoms with E-state index in [0.29, 0.717) is 28.8 Å². The third kappa shape index (κ3) is 5.96. The van der Waals surface area contributed by atoms with Gasteiger partial charge in [0.2, 0.25) is 11.8 Å². The maximum Gasteiger partial charge on any atom is 0.238 e. The van der Waals surface area contributed by atoms with Gasteiger partial charge in [0.05, 0.1) is 6.54 Å². The Kier molecular flexibility index (Phi) is 6.72. The van der Waals surface area contributed by atoms with Gasteiger partial charge in [-0.1, -0.05) is 41.4 Å². The summed E-state index contributed by atoms with van der Waals surface area (Å²) in [6.45, 7) is 1.68. The number of amides is 2. The zero-order valence-corrected chi connectivity index (χ0v) is 16.3. The average Bonchev–Trinajstić information content (AvgIpc) is 2.62. The van der Waals surface area contributed by atoms with Crippen molar-refractivity contribution in [2.24, 2.45) is 5.92 Å². The molecule has 27 heavy (non-hydrogen) atoms. The van der Waals surface area contributed by atoms with Gasteiger partial charge in [-0.3, -0.25) is 14.5 Å². The topological polar surface area (TPSA) is 61.4 Å². The molecular weight excluding hydrogens is 385 g/mol. The second-order valence-corrected chi connectivity index (χ2v) is 7.48. The van der Waals surface area contributed by atoms with Gasteiger partial charge in [-0.25, -0.2) is 0 Å². The monoisotopic (exact) mass is 405 g/mol. The summed E-state index contributed by atoms with van der Waals surface area (Å²) in [5.74, 6) is -0.115. The van der Waals surface area contributed by atoms with E-state index in [1.807, 2.05) is 35.2 Å². The fourth-order valence-corrected chi connectivity index (χ4v) is 3.67. The summed E-state index contributed by atoms with van der Waals surface area (Å²) < 4.78 is 0. The highest BCUT2D eigenvalue weighted by Crippen LogP contribution is 2.23. The number of nitrogens with one attached hydrogen (secondary N) is 2. The van der Waals surface area contributed by atoms with Crippen LogP contribution in [0.5, 0.6) is 0 Å². The van der Waals surface area contributed by atoms with Gasteiger partial charge < -0.3 is 10.6 Å². The summed E-state index contributed by atoms with van der Waals surface area (Å²) in [4.78, 5) is 26.7. The van der Waals surface area contributed by atoms with Crippen molar-refractivity contribution in [3.63, 3.8) is 0 Å². The van der Waals surface area contributed by atoms with E-state index in [1.54, 1.807) is 18.2 Å². The second kappa shape index (κ2) is 9.22. The van der Waals surface area contributed by atoms with Crippen molar-refractivity contribution >= 4 is 46.4 Å². The average molecular weight is 406 g/mol. The summed E-state index contributed by atoms with van der Waals surface area (Å²) >= 11 is 11.9. The molecule has 142 valence electrons. The Morgan fingerprint density at radius 3 is 2.19 bits per heavy atom. The number of benzene rings is 2. The summed E-state index contributed by atoms with van der Waals surface area (Å²) in [5, 5.41) is 6.71. The molecule has 3 rings (SSSR count). The number of para-hydroxylation sites is 1. The molecule has 0 atom stereocenters. The van der Waals surface area contributed by atoms with Gasteiger partial charge in [0.1, 0.15) is 0 Å². The van der Waals surface area contributed by atoms with Crippen LogP contribution in [0.25, 0.3) is 0 Å². The summed E-state index contributed by atoms with van der Waals surface area (Å²) in [6, 6.07) is 14.4. The van der Waals surface area contributed by atoms with Crippen LogP contribution in [-0.2, 0) is 9.59 Å². The fraction of sp³-hybridized carbons (Fsp3) is 0.300. The lowest BCUT2D eigenvalue weighted by Crippen LogP contribution is -2.41. The van der Waals surface area contributed by atoms with E-state index >= 15 is 0 Å². The van der Waals surface area contributed by atoms with Gasteiger partial charge >= 0.3 is 0 Å². The minimum Gasteiger partial charge on any atom is -0.326 e. The van der Waals surface area contributed by atoms with Gasteiger partial charge in [-0.2, -0.15) is 0 Å². The van der Waals surface area contributed by atoms with E-state index in [-0.39, 0.29) is 24.3 Å². The largest absolute Gasteiger partial charge is 0.326 e. The number of halogens is 2. The van der Waals surface area contributed by atoms with E-state index in [2.05, 4.69) is 10.6 Å². The molecule has 2 aromatic rings. The number of rotatable bonds is 5. The Hall–Kier alpha value is -2.08. The molecule has 0 saturated carbocycles. The molecule has 0 unspecified atom stereocenters. The van der Waals surface area contributed by atoms with Gasteiger partial charge in [0.25, 0.3) is 0 Å². The lowest BCUT2D eigenvalue weighted by atomic mass is 9.96. The number of anilines is 2. The standard InChI is InChI=1S/C20H21Cl2N3O2/c21-15-10-16(22)12-18(11-15)23-19(26)13-25-8-6-14(7-9-25)20(27)24-17-4-2-1-3-5-17/h1-5,10-12,14H,6-9,13H2,(H,23,26)(H,24,27). The fourth-order valence-electron chi connectivity index (χ4n) is 3.15. The van der Waals surface area contributed by atoms with Crippen LogP contribution in [0.3, 0.4) is 0 Å². The Labute approximate surface area is 168 Å². The van der Waals surface area contributed by atoms with Crippen molar-refractivity contribution < 1.29 is 9.59 Å². The van der Waals surface area contributed by atoms with Crippen molar-refractivity contribution in [2.75, 3.05) is 30.3 Å². The molecule has 0 spiro atoms. The quantitative estimate of drug-likeness (QED) is 0.779. The number of carbonyl (C=O) groups excluding carboxylic acids is 2. The molecule has 1 heterocycles. The van der Waals surface area contributed by atoms with Crippen molar-refractivity contribution in [3.8, 4) is 0 Å². The van der Waals surface area contributed by atoms with Crippen LogP contribution in [-0.4, -0.2) is 36.3 Å². The highest BCUT2D eigenvalue weighted by atomic mass is 35.5. The number of carbonyl (C=O) groups is 2. The minimum atomic E-state index is -0.125. The molecule has 0 radical (unpaired) electrons. The predicted octanol–water partition coefficient (Wildman–Crippen LogP) is 4.28. The van der Waals surface area contributed by atoms with Crippen LogP contribution in [0.15, 0.2) is 48.5 Å². The number of hydrogen-bond acceptors (Lipinski definition) is 3. The summed E-state index contributed by atoms with van der Waals surface area (Å²) in [5.41, 5.74) is 1.39. The molecule has 1 saturated heterocycles. The normalized spacial score (nSPS) is 15.3. The van der Waals surface area contributed by atoms with Crippen LogP contribution >= 0.6 is 23.2 Å². The molecule has 0 aliphatic carbocycles. The number of hydrogen-bond donors (Lipinski definition) is 2. The molecule has 2 amide bonds. The van der Waals surface area contributed by atoms with Crippen LogP contribution < -0.4 is 10.6 Å². The number of piperidine rings is 1. The third-order valence-corrected chi connectivity index (χ3v) is 4.95. The first kappa shape index (κ1) is 19.7. The van der Waals surface area contributed by atoms with Crippen molar-refractivity contribution in [3.05, 3.63) is 58.6 Å². The molecule has 7 heteroatoms. The van der Waals surface area contributed by atoms with Crippen LogP contribution in [0.1, 0.15) is 12.8 Å². The van der Waals surface area contributed by atoms with E-state index in [1.165, 1.54) is 0 Å². The molecule has 1 aliphatic heterocycles. The lowest BCUT2D eigenvalue weighted by molar-refractivity contribution is -0.121. The number of likely N-dealkylation sites (tertiary alicyclic amines) is 1. The third-order valence-electron chi connectivity index (χ3n) is 4.51. The number of nitrogens with zero attached hydrogens (tertiary/aromatic N) is 1. The lowest BCUT2D eigenvalue weighted by Gasteiger charge is -2.30. The van der Waals surface area contributed by atoms with E-state index < -0.39 is 0 Å². The highest BCUT2D eigenvalue weighted by Gasteiger charge is 2.26. The first-order valence-electron chi connectivity index (χ1n) is 8.84. The zero-order valence-electron chi connectivity index (χ0n) is 14.8. The van der Waals surface area contributed by atoms with Gasteiger partial charge in [-0.15, -0.1) is 0 Å². The van der Waals surface area contributed by atoms with Crippen LogP contribution in [0.2, 0.25) is 10.0 Å². The van der Waals surface area contributed by atoms with Gasteiger partial charge in [-0.05, 0) is 56.3 Å². The molecule has 0 bridgehead atoms. The Morgan fingerprint density at radius 1 is 0.926 bits per heavy atom. The molecule has 2 N–H and O–H groups in total. The Balaban J connectivity index is 1.45. The van der Waals surface area contributed by atoms with Crippen molar-refractivity contribution in [2.45, 2.75) is 12.8 Å². The zero-order chi connectivity index (χ0) is 19.2. The van der Waals surface area contributed by atoms with Gasteiger partial charge in [0.15, 0.2) is 0 Å². The molecule has 1 fully saturated rings. The van der Waals surface area contributed by atoms with Crippen molar-refractivity contribution in [1.29, 1.82) is 0 Å². The van der Waals surface area contributed by atoms with Gasteiger partial charge in [0, 0.05) is 27.3 Å². The second-order valence-electron chi connectivity index (χ2n) is 6.61. The molecular formula is C20H21Cl2N3O2. The Morgan fingerprint density at radius 2 is 1.56 bits per heavy atom. The smallest absolute Gasteiger partial charge is 0.238 e. The summed E-state index contributed by atoms with van der Waals surface area (Å²) in [7, 11) is 0. The van der Waals surface area contributed by atoms with E-state index in [4.69, 9.17) is 23.2 Å². The SMILES string of the molecule is O=C(CN1CCC(C(=O)Nc2ccccc2)CC1)Nc1cc(Cl)cc(Cl)c1. The minimum absolute atomic E-state index is 0.0312. The van der Waals surface area contributed by atoms with E-state index in [0.717, 1.165) is 18.5 Å². The maximum atomic E-state index is 12.4.